The third-order valence-electron chi connectivity index (χ3n) is 2.88. The monoisotopic (exact) mass is 443 g/mol. The Kier molecular flexibility index (Phi) is 6.48. The average molecular weight is 444 g/mol. The van der Waals surface area contributed by atoms with Crippen molar-refractivity contribution >= 4 is 54.9 Å². The molecule has 0 atom stereocenters. The van der Waals surface area contributed by atoms with Gasteiger partial charge in [0.2, 0.25) is 10.0 Å². The molecule has 0 unspecified atom stereocenters. The molecule has 25 heavy (non-hydrogen) atoms. The lowest BCUT2D eigenvalue weighted by Gasteiger charge is -2.10. The van der Waals surface area contributed by atoms with E-state index >= 15 is 0 Å². The lowest BCUT2D eigenvalue weighted by Crippen LogP contribution is -2.37. The van der Waals surface area contributed by atoms with E-state index in [1.165, 1.54) is 24.3 Å². The smallest absolute Gasteiger partial charge is 0.264 e. The number of nitrogens with two attached hydrogens (primary N) is 1. The third-order valence-corrected chi connectivity index (χ3v) is 4.54. The van der Waals surface area contributed by atoms with Gasteiger partial charge in [0.25, 0.3) is 5.91 Å². The lowest BCUT2D eigenvalue weighted by molar-refractivity contribution is -0.121. The van der Waals surface area contributed by atoms with Crippen molar-refractivity contribution in [3.05, 3.63) is 53.0 Å². The van der Waals surface area contributed by atoms with Crippen LogP contribution >= 0.6 is 28.1 Å². The molecule has 0 aliphatic carbocycles. The molecule has 132 valence electrons. The van der Waals surface area contributed by atoms with E-state index in [0.29, 0.717) is 11.4 Å². The summed E-state index contributed by atoms with van der Waals surface area (Å²) in [6, 6.07) is 12.7. The minimum absolute atomic E-state index is 0.0177. The van der Waals surface area contributed by atoms with Crippen LogP contribution in [0, 0.1) is 0 Å². The van der Waals surface area contributed by atoms with E-state index in [1.54, 1.807) is 24.3 Å². The second kappa shape index (κ2) is 8.39. The molecule has 1 amide bonds. The number of carbonyl (C=O) groups is 1. The van der Waals surface area contributed by atoms with Crippen LogP contribution in [0.2, 0.25) is 0 Å². The average Bonchev–Trinajstić information content (AvgIpc) is 2.54. The summed E-state index contributed by atoms with van der Waals surface area (Å²) in [5.74, 6) is 0.123. The topological polar surface area (TPSA) is 111 Å². The summed E-state index contributed by atoms with van der Waals surface area (Å²) in [6.07, 6.45) is 0. The molecule has 0 aliphatic heterocycles. The number of nitrogens with one attached hydrogen (secondary N) is 2. The molecule has 0 radical (unpaired) electrons. The summed E-state index contributed by atoms with van der Waals surface area (Å²) >= 11 is 8.32. The van der Waals surface area contributed by atoms with Crippen molar-refractivity contribution in [2.75, 3.05) is 11.9 Å². The van der Waals surface area contributed by atoms with Crippen LogP contribution in [0.15, 0.2) is 57.9 Å². The lowest BCUT2D eigenvalue weighted by atomic mass is 10.3. The summed E-state index contributed by atoms with van der Waals surface area (Å²) < 4.78 is 28.6. The van der Waals surface area contributed by atoms with Crippen molar-refractivity contribution < 1.29 is 17.9 Å². The first-order chi connectivity index (χ1) is 11.7. The van der Waals surface area contributed by atoms with Crippen LogP contribution in [0.1, 0.15) is 0 Å². The Bertz CT molecular complexity index is 869. The maximum absolute atomic E-state index is 11.8. The number of halogens is 1. The standard InChI is InChI=1S/C15H14BrN3O4S2/c16-10-1-5-12(6-2-10)23-9-14(20)19-15(24)18-11-3-7-13(8-4-11)25(17,21)22/h1-8H,9H2,(H2,17,21,22)(H2,18,19,20,24). The van der Waals surface area contributed by atoms with Gasteiger partial charge in [0.15, 0.2) is 11.7 Å². The molecule has 0 aliphatic rings. The van der Waals surface area contributed by atoms with Gasteiger partial charge in [0, 0.05) is 10.2 Å². The van der Waals surface area contributed by atoms with Gasteiger partial charge in [0.1, 0.15) is 5.75 Å². The van der Waals surface area contributed by atoms with Gasteiger partial charge < -0.3 is 10.1 Å². The van der Waals surface area contributed by atoms with Gasteiger partial charge in [-0.25, -0.2) is 13.6 Å². The fraction of sp³-hybridized carbons (Fsp3) is 0.0667. The molecule has 2 aromatic rings. The summed E-state index contributed by atoms with van der Waals surface area (Å²) in [4.78, 5) is 11.8. The van der Waals surface area contributed by atoms with Gasteiger partial charge in [0.05, 0.1) is 4.90 Å². The molecule has 10 heteroatoms. The maximum atomic E-state index is 11.8. The van der Waals surface area contributed by atoms with Crippen molar-refractivity contribution in [2.24, 2.45) is 5.14 Å². The first-order valence-corrected chi connectivity index (χ1v) is 9.61. The zero-order valence-electron chi connectivity index (χ0n) is 12.7. The molecule has 0 saturated carbocycles. The van der Waals surface area contributed by atoms with E-state index in [2.05, 4.69) is 26.6 Å². The number of thiocarbonyl (C=S) groups is 1. The van der Waals surface area contributed by atoms with Gasteiger partial charge >= 0.3 is 0 Å². The first-order valence-electron chi connectivity index (χ1n) is 6.86. The number of benzene rings is 2. The molecule has 2 aromatic carbocycles. The molecule has 7 nitrogen and oxygen atoms in total. The molecular formula is C15H14BrN3O4S2. The Morgan fingerprint density at radius 3 is 2.28 bits per heavy atom. The number of hydrogen-bond acceptors (Lipinski definition) is 5. The number of carbonyl (C=O) groups excluding carboxylic acids is 1. The molecule has 0 aromatic heterocycles. The Balaban J connectivity index is 1.83. The number of anilines is 1. The van der Waals surface area contributed by atoms with E-state index in [-0.39, 0.29) is 16.6 Å². The number of hydrogen-bond donors (Lipinski definition) is 3. The van der Waals surface area contributed by atoms with E-state index in [4.69, 9.17) is 22.1 Å². The zero-order valence-corrected chi connectivity index (χ0v) is 15.9. The van der Waals surface area contributed by atoms with Crippen molar-refractivity contribution in [1.29, 1.82) is 0 Å². The van der Waals surface area contributed by atoms with Gasteiger partial charge in [-0.05, 0) is 60.7 Å². The van der Waals surface area contributed by atoms with Crippen LogP contribution in [0.3, 0.4) is 0 Å². The number of sulfonamides is 1. The van der Waals surface area contributed by atoms with Crippen molar-refractivity contribution in [3.8, 4) is 5.75 Å². The minimum Gasteiger partial charge on any atom is -0.484 e. The van der Waals surface area contributed by atoms with Crippen LogP contribution in [0.5, 0.6) is 5.75 Å². The summed E-state index contributed by atoms with van der Waals surface area (Å²) in [6.45, 7) is -0.201. The number of primary sulfonamides is 1. The molecular weight excluding hydrogens is 430 g/mol. The Morgan fingerprint density at radius 1 is 1.12 bits per heavy atom. The number of rotatable bonds is 5. The van der Waals surface area contributed by atoms with Crippen LogP contribution in [0.25, 0.3) is 0 Å². The largest absolute Gasteiger partial charge is 0.484 e. The number of ether oxygens (including phenoxy) is 1. The quantitative estimate of drug-likeness (QED) is 0.609. The van der Waals surface area contributed by atoms with E-state index in [9.17, 15) is 13.2 Å². The second-order valence-corrected chi connectivity index (χ2v) is 7.70. The molecule has 0 heterocycles. The van der Waals surface area contributed by atoms with Crippen molar-refractivity contribution in [3.63, 3.8) is 0 Å². The molecule has 4 N–H and O–H groups in total. The summed E-state index contributed by atoms with van der Waals surface area (Å²) in [5, 5.41) is 10.3. The fourth-order valence-corrected chi connectivity index (χ4v) is 2.74. The molecule has 0 bridgehead atoms. The van der Waals surface area contributed by atoms with Crippen LogP contribution < -0.4 is 20.5 Å². The predicted molar refractivity (Wildman–Crippen MR) is 102 cm³/mol. The van der Waals surface area contributed by atoms with E-state index in [0.717, 1.165) is 4.47 Å². The molecule has 2 rings (SSSR count). The molecule has 0 saturated heterocycles. The van der Waals surface area contributed by atoms with Crippen LogP contribution in [-0.2, 0) is 14.8 Å². The molecule has 0 spiro atoms. The Morgan fingerprint density at radius 2 is 1.72 bits per heavy atom. The summed E-state index contributed by atoms with van der Waals surface area (Å²) in [7, 11) is -3.75. The first kappa shape index (κ1) is 19.3. The maximum Gasteiger partial charge on any atom is 0.264 e. The van der Waals surface area contributed by atoms with E-state index in [1.807, 2.05) is 0 Å². The highest BCUT2D eigenvalue weighted by Crippen LogP contribution is 2.16. The van der Waals surface area contributed by atoms with Gasteiger partial charge in [-0.3, -0.25) is 10.1 Å². The fourth-order valence-electron chi connectivity index (χ4n) is 1.73. The third kappa shape index (κ3) is 6.42. The predicted octanol–water partition coefficient (Wildman–Crippen LogP) is 1.99. The second-order valence-electron chi connectivity index (χ2n) is 4.81. The highest BCUT2D eigenvalue weighted by molar-refractivity contribution is 9.10. The van der Waals surface area contributed by atoms with Crippen LogP contribution in [0.4, 0.5) is 5.69 Å². The Hall–Kier alpha value is -2.01. The van der Waals surface area contributed by atoms with Gasteiger partial charge in [-0.1, -0.05) is 15.9 Å². The van der Waals surface area contributed by atoms with Gasteiger partial charge in [-0.15, -0.1) is 0 Å². The Labute approximate surface area is 158 Å². The minimum atomic E-state index is -3.75. The van der Waals surface area contributed by atoms with Gasteiger partial charge in [-0.2, -0.15) is 0 Å². The van der Waals surface area contributed by atoms with Crippen molar-refractivity contribution in [1.82, 2.24) is 5.32 Å². The van der Waals surface area contributed by atoms with Crippen molar-refractivity contribution in [2.45, 2.75) is 4.90 Å². The zero-order chi connectivity index (χ0) is 18.4. The SMILES string of the molecule is NS(=O)(=O)c1ccc(NC(=S)NC(=O)COc2ccc(Br)cc2)cc1. The highest BCUT2D eigenvalue weighted by atomic mass is 79.9. The normalized spacial score (nSPS) is 10.8. The highest BCUT2D eigenvalue weighted by Gasteiger charge is 2.09. The van der Waals surface area contributed by atoms with Crippen LogP contribution in [-0.4, -0.2) is 26.0 Å². The number of amides is 1. The molecule has 0 fully saturated rings. The van der Waals surface area contributed by atoms with E-state index < -0.39 is 15.9 Å². The summed E-state index contributed by atoms with van der Waals surface area (Å²) in [5.41, 5.74) is 0.506.